The third-order valence-electron chi connectivity index (χ3n) is 2.10. The maximum Gasteiger partial charge on any atom is 0.251 e. The average molecular weight is 204 g/mol. The van der Waals surface area contributed by atoms with E-state index in [1.54, 1.807) is 18.3 Å². The molecule has 0 saturated carbocycles. The van der Waals surface area contributed by atoms with Crippen molar-refractivity contribution in [1.29, 1.82) is 0 Å². The molecule has 0 aliphatic rings. The van der Waals surface area contributed by atoms with E-state index in [1.165, 1.54) is 13.0 Å². The summed E-state index contributed by atoms with van der Waals surface area (Å²) < 4.78 is 13.4. The number of carbonyl (C=O) groups excluding carboxylic acids is 1. The Morgan fingerprint density at radius 1 is 1.33 bits per heavy atom. The van der Waals surface area contributed by atoms with Crippen LogP contribution in [0.3, 0.4) is 0 Å². The summed E-state index contributed by atoms with van der Waals surface area (Å²) in [6.07, 6.45) is 1.57. The average Bonchev–Trinajstić information content (AvgIpc) is 2.27. The Labute approximate surface area is 86.1 Å². The molecule has 3 nitrogen and oxygen atoms in total. The highest BCUT2D eigenvalue weighted by Crippen LogP contribution is 2.24. The van der Waals surface area contributed by atoms with Crippen molar-refractivity contribution >= 4 is 22.5 Å². The molecule has 0 atom stereocenters. The van der Waals surface area contributed by atoms with E-state index >= 15 is 0 Å². The lowest BCUT2D eigenvalue weighted by atomic mass is 10.2. The van der Waals surface area contributed by atoms with Gasteiger partial charge in [0.25, 0.3) is 5.91 Å². The van der Waals surface area contributed by atoms with Crippen LogP contribution >= 0.6 is 0 Å². The van der Waals surface area contributed by atoms with Gasteiger partial charge in [-0.2, -0.15) is 0 Å². The smallest absolute Gasteiger partial charge is 0.251 e. The molecule has 15 heavy (non-hydrogen) atoms. The van der Waals surface area contributed by atoms with Gasteiger partial charge in [0.15, 0.2) is 0 Å². The Morgan fingerprint density at radius 3 is 2.80 bits per heavy atom. The summed E-state index contributed by atoms with van der Waals surface area (Å²) >= 11 is 0. The van der Waals surface area contributed by atoms with Crippen LogP contribution < -0.4 is 5.12 Å². The molecule has 0 bridgehead atoms. The van der Waals surface area contributed by atoms with Gasteiger partial charge in [0, 0.05) is 18.5 Å². The van der Waals surface area contributed by atoms with E-state index in [0.717, 1.165) is 5.39 Å². The van der Waals surface area contributed by atoms with Crippen LogP contribution in [0.1, 0.15) is 6.92 Å². The fourth-order valence-electron chi connectivity index (χ4n) is 1.42. The first-order valence-electron chi connectivity index (χ1n) is 4.50. The Bertz CT molecular complexity index is 507. The minimum absolute atomic E-state index is 0.106. The number of halogens is 1. The van der Waals surface area contributed by atoms with E-state index in [9.17, 15) is 9.28 Å². The maximum atomic E-state index is 13.4. The number of hydrogen-bond acceptors (Lipinski definition) is 2. The number of hydrogen-bond donors (Lipinski definition) is 0. The number of carbonyl (C=O) groups is 1. The Hall–Kier alpha value is -1.97. The van der Waals surface area contributed by atoms with Crippen molar-refractivity contribution in [3.05, 3.63) is 36.5 Å². The zero-order valence-electron chi connectivity index (χ0n) is 8.14. The van der Waals surface area contributed by atoms with Crippen LogP contribution in [0.5, 0.6) is 0 Å². The van der Waals surface area contributed by atoms with Crippen molar-refractivity contribution in [2.75, 3.05) is 5.12 Å². The molecule has 2 aromatic rings. The second kappa shape index (κ2) is 3.65. The fourth-order valence-corrected chi connectivity index (χ4v) is 1.42. The number of benzene rings is 1. The van der Waals surface area contributed by atoms with Crippen LogP contribution in [0, 0.1) is 0 Å². The van der Waals surface area contributed by atoms with Gasteiger partial charge in [-0.05, 0) is 12.1 Å². The number of aromatic nitrogens is 1. The number of pyridine rings is 1. The van der Waals surface area contributed by atoms with Gasteiger partial charge in [0.1, 0.15) is 5.69 Å². The molecule has 0 aliphatic carbocycles. The molecular weight excluding hydrogens is 195 g/mol. The van der Waals surface area contributed by atoms with Crippen LogP contribution in [0.2, 0.25) is 0 Å². The number of nitrogens with zero attached hydrogens (tertiary/aromatic N) is 2. The minimum atomic E-state index is -0.659. The zero-order valence-corrected chi connectivity index (χ0v) is 8.14. The summed E-state index contributed by atoms with van der Waals surface area (Å²) in [5.41, 5.74) is 0.665. The quantitative estimate of drug-likeness (QED) is 0.668. The molecule has 0 N–H and O–H groups in total. The first-order chi connectivity index (χ1) is 7.20. The van der Waals surface area contributed by atoms with E-state index in [-0.39, 0.29) is 10.8 Å². The van der Waals surface area contributed by atoms with Crippen LogP contribution in [0.4, 0.5) is 10.2 Å². The van der Waals surface area contributed by atoms with Gasteiger partial charge < -0.3 is 0 Å². The molecule has 76 valence electrons. The second-order valence-electron chi connectivity index (χ2n) is 3.15. The summed E-state index contributed by atoms with van der Waals surface area (Å²) in [6, 6.07) is 8.62. The van der Waals surface area contributed by atoms with Crippen LogP contribution in [-0.4, -0.2) is 10.9 Å². The van der Waals surface area contributed by atoms with E-state index in [2.05, 4.69) is 4.98 Å². The molecular formula is C11H9FN2O. The summed E-state index contributed by atoms with van der Waals surface area (Å²) in [4.78, 5) is 15.0. The van der Waals surface area contributed by atoms with Gasteiger partial charge in [-0.15, -0.1) is 5.12 Å². The lowest BCUT2D eigenvalue weighted by Crippen LogP contribution is -2.18. The molecule has 0 saturated heterocycles. The minimum Gasteiger partial charge on any atom is -0.272 e. The van der Waals surface area contributed by atoms with Gasteiger partial charge in [-0.3, -0.25) is 9.78 Å². The monoisotopic (exact) mass is 204 g/mol. The van der Waals surface area contributed by atoms with Gasteiger partial charge in [0.2, 0.25) is 0 Å². The predicted molar refractivity (Wildman–Crippen MR) is 56.0 cm³/mol. The highest BCUT2D eigenvalue weighted by Gasteiger charge is 2.13. The number of amides is 1. The molecule has 4 heteroatoms. The van der Waals surface area contributed by atoms with E-state index in [0.29, 0.717) is 5.52 Å². The normalized spacial score (nSPS) is 10.3. The summed E-state index contributed by atoms with van der Waals surface area (Å²) in [5.74, 6) is -0.659. The molecule has 0 radical (unpaired) electrons. The van der Waals surface area contributed by atoms with Gasteiger partial charge >= 0.3 is 0 Å². The predicted octanol–water partition coefficient (Wildman–Crippen LogP) is 2.47. The molecule has 1 heterocycles. The highest BCUT2D eigenvalue weighted by molar-refractivity contribution is 5.99. The molecule has 0 fully saturated rings. The molecule has 1 amide bonds. The number of anilines is 1. The third-order valence-corrected chi connectivity index (χ3v) is 2.10. The Morgan fingerprint density at radius 2 is 2.07 bits per heavy atom. The van der Waals surface area contributed by atoms with Gasteiger partial charge in [0.05, 0.1) is 5.52 Å². The third kappa shape index (κ3) is 1.66. The number of fused-ring (bicyclic) bond motifs is 1. The van der Waals surface area contributed by atoms with Crippen molar-refractivity contribution < 1.29 is 9.28 Å². The number of para-hydroxylation sites is 1. The fraction of sp³-hybridized carbons (Fsp3) is 0.0909. The van der Waals surface area contributed by atoms with Gasteiger partial charge in [-0.1, -0.05) is 22.7 Å². The van der Waals surface area contributed by atoms with Crippen molar-refractivity contribution in [1.82, 2.24) is 4.98 Å². The van der Waals surface area contributed by atoms with Crippen molar-refractivity contribution in [2.24, 2.45) is 0 Å². The first kappa shape index (κ1) is 9.58. The summed E-state index contributed by atoms with van der Waals surface area (Å²) in [7, 11) is 0. The molecule has 0 spiro atoms. The number of rotatable bonds is 1. The van der Waals surface area contributed by atoms with Crippen molar-refractivity contribution in [3.63, 3.8) is 0 Å². The standard InChI is InChI=1S/C11H9FN2O/c1-8(15)14(12)10-6-2-4-9-5-3-7-13-11(9)10/h2-7H,1H3. The lowest BCUT2D eigenvalue weighted by molar-refractivity contribution is -0.119. The molecule has 1 aromatic heterocycles. The summed E-state index contributed by atoms with van der Waals surface area (Å²) in [5, 5.41) is 0.911. The van der Waals surface area contributed by atoms with Crippen molar-refractivity contribution in [2.45, 2.75) is 6.92 Å². The van der Waals surface area contributed by atoms with Crippen LogP contribution in [0.15, 0.2) is 36.5 Å². The molecule has 1 aromatic carbocycles. The summed E-state index contributed by atoms with van der Waals surface area (Å²) in [6.45, 7) is 1.17. The van der Waals surface area contributed by atoms with E-state index in [4.69, 9.17) is 0 Å². The maximum absolute atomic E-state index is 13.4. The highest BCUT2D eigenvalue weighted by atomic mass is 19.2. The zero-order chi connectivity index (χ0) is 10.8. The molecule has 2 rings (SSSR count). The largest absolute Gasteiger partial charge is 0.272 e. The second-order valence-corrected chi connectivity index (χ2v) is 3.15. The van der Waals surface area contributed by atoms with Crippen LogP contribution in [0.25, 0.3) is 10.9 Å². The molecule has 0 unspecified atom stereocenters. The van der Waals surface area contributed by atoms with Gasteiger partial charge in [-0.25, -0.2) is 0 Å². The Balaban J connectivity index is 2.65. The Kier molecular flexibility index (Phi) is 2.33. The van der Waals surface area contributed by atoms with Crippen LogP contribution in [-0.2, 0) is 4.79 Å². The topological polar surface area (TPSA) is 33.2 Å². The SMILES string of the molecule is CC(=O)N(F)c1cccc2cccnc12. The van der Waals surface area contributed by atoms with E-state index in [1.807, 2.05) is 12.1 Å². The lowest BCUT2D eigenvalue weighted by Gasteiger charge is -2.10. The first-order valence-corrected chi connectivity index (χ1v) is 4.50. The molecule has 0 aliphatic heterocycles. The van der Waals surface area contributed by atoms with E-state index < -0.39 is 5.91 Å². The van der Waals surface area contributed by atoms with Crippen molar-refractivity contribution in [3.8, 4) is 0 Å².